The van der Waals surface area contributed by atoms with Gasteiger partial charge in [0.1, 0.15) is 6.29 Å². The van der Waals surface area contributed by atoms with Crippen LogP contribution in [0.15, 0.2) is 0 Å². The van der Waals surface area contributed by atoms with E-state index in [1.165, 1.54) is 19.3 Å². The van der Waals surface area contributed by atoms with Crippen LogP contribution in [0.25, 0.3) is 0 Å². The maximum absolute atomic E-state index is 10.4. The van der Waals surface area contributed by atoms with E-state index in [4.69, 9.17) is 0 Å². The molecule has 0 aromatic rings. The molecule has 0 unspecified atom stereocenters. The van der Waals surface area contributed by atoms with Crippen molar-refractivity contribution < 1.29 is 4.79 Å². The standard InChI is InChI=1S/C8H14O/c1-7-4-2-3-5-8(7)6-9/h6-8H,2-5H2,1H3/t7-,8+/m1/s1. The van der Waals surface area contributed by atoms with Crippen molar-refractivity contribution >= 4 is 6.29 Å². The Kier molecular flexibility index (Phi) is 2.26. The van der Waals surface area contributed by atoms with E-state index in [2.05, 4.69) is 6.92 Å². The van der Waals surface area contributed by atoms with Crippen LogP contribution in [0.3, 0.4) is 0 Å². The summed E-state index contributed by atoms with van der Waals surface area (Å²) in [5, 5.41) is 0. The van der Waals surface area contributed by atoms with Crippen LogP contribution >= 0.6 is 0 Å². The van der Waals surface area contributed by atoms with Crippen molar-refractivity contribution in [3.05, 3.63) is 0 Å². The van der Waals surface area contributed by atoms with Crippen LogP contribution in [0.1, 0.15) is 32.6 Å². The van der Waals surface area contributed by atoms with E-state index in [0.29, 0.717) is 11.8 Å². The summed E-state index contributed by atoms with van der Waals surface area (Å²) in [5.41, 5.74) is 0. The molecule has 1 saturated carbocycles. The third kappa shape index (κ3) is 1.54. The Morgan fingerprint density at radius 1 is 1.33 bits per heavy atom. The number of carbonyl (C=O) groups excluding carboxylic acids is 1. The lowest BCUT2D eigenvalue weighted by Crippen LogP contribution is -2.17. The zero-order valence-electron chi connectivity index (χ0n) is 5.97. The third-order valence-electron chi connectivity index (χ3n) is 2.35. The molecule has 1 heteroatoms. The number of hydrogen-bond donors (Lipinski definition) is 0. The third-order valence-corrected chi connectivity index (χ3v) is 2.35. The second kappa shape index (κ2) is 3.00. The molecule has 1 aliphatic carbocycles. The zero-order chi connectivity index (χ0) is 6.69. The molecule has 52 valence electrons. The number of aldehydes is 1. The van der Waals surface area contributed by atoms with Gasteiger partial charge in [-0.2, -0.15) is 0 Å². The lowest BCUT2D eigenvalue weighted by molar-refractivity contribution is -0.113. The maximum atomic E-state index is 10.4. The first kappa shape index (κ1) is 6.79. The Labute approximate surface area is 56.4 Å². The summed E-state index contributed by atoms with van der Waals surface area (Å²) in [6, 6.07) is 0. The van der Waals surface area contributed by atoms with Gasteiger partial charge in [0.2, 0.25) is 0 Å². The smallest absolute Gasteiger partial charge is 0.123 e. The minimum absolute atomic E-state index is 0.374. The summed E-state index contributed by atoms with van der Waals surface area (Å²) >= 11 is 0. The van der Waals surface area contributed by atoms with Crippen molar-refractivity contribution in [3.63, 3.8) is 0 Å². The predicted molar refractivity (Wildman–Crippen MR) is 37.2 cm³/mol. The van der Waals surface area contributed by atoms with Gasteiger partial charge in [-0.15, -0.1) is 0 Å². The molecule has 9 heavy (non-hydrogen) atoms. The first-order valence-electron chi connectivity index (χ1n) is 3.80. The molecule has 1 fully saturated rings. The van der Waals surface area contributed by atoms with E-state index >= 15 is 0 Å². The molecule has 0 N–H and O–H groups in total. The van der Waals surface area contributed by atoms with E-state index in [1.807, 2.05) is 0 Å². The zero-order valence-corrected chi connectivity index (χ0v) is 5.97. The molecule has 0 bridgehead atoms. The van der Waals surface area contributed by atoms with Crippen molar-refractivity contribution in [3.8, 4) is 0 Å². The van der Waals surface area contributed by atoms with Crippen LogP contribution in [0, 0.1) is 11.8 Å². The molecule has 1 aliphatic rings. The molecular weight excluding hydrogens is 112 g/mol. The molecule has 1 rings (SSSR count). The van der Waals surface area contributed by atoms with Gasteiger partial charge in [0.05, 0.1) is 0 Å². The van der Waals surface area contributed by atoms with E-state index in [-0.39, 0.29) is 0 Å². The molecule has 0 aliphatic heterocycles. The fourth-order valence-electron chi connectivity index (χ4n) is 1.55. The number of carbonyl (C=O) groups is 1. The van der Waals surface area contributed by atoms with Gasteiger partial charge in [-0.3, -0.25) is 0 Å². The van der Waals surface area contributed by atoms with Gasteiger partial charge >= 0.3 is 0 Å². The van der Waals surface area contributed by atoms with Crippen LogP contribution in [0.2, 0.25) is 0 Å². The Morgan fingerprint density at radius 3 is 2.44 bits per heavy atom. The first-order chi connectivity index (χ1) is 4.34. The van der Waals surface area contributed by atoms with Crippen molar-refractivity contribution in [1.82, 2.24) is 0 Å². The predicted octanol–water partition coefficient (Wildman–Crippen LogP) is 2.01. The van der Waals surface area contributed by atoms with Crippen LogP contribution in [0.4, 0.5) is 0 Å². The summed E-state index contributed by atoms with van der Waals surface area (Å²) in [6.07, 6.45) is 6.09. The Balaban J connectivity index is 2.38. The van der Waals surface area contributed by atoms with E-state index < -0.39 is 0 Å². The maximum Gasteiger partial charge on any atom is 0.123 e. The topological polar surface area (TPSA) is 17.1 Å². The highest BCUT2D eigenvalue weighted by molar-refractivity contribution is 5.54. The van der Waals surface area contributed by atoms with Gasteiger partial charge < -0.3 is 4.79 Å². The van der Waals surface area contributed by atoms with Gasteiger partial charge in [0, 0.05) is 5.92 Å². The minimum Gasteiger partial charge on any atom is -0.303 e. The Hall–Kier alpha value is -0.330. The van der Waals surface area contributed by atoms with Crippen molar-refractivity contribution in [2.45, 2.75) is 32.6 Å². The molecule has 0 radical (unpaired) electrons. The van der Waals surface area contributed by atoms with Gasteiger partial charge in [-0.25, -0.2) is 0 Å². The molecule has 0 saturated heterocycles. The Bertz CT molecular complexity index is 98.7. The van der Waals surface area contributed by atoms with Crippen LogP contribution in [0.5, 0.6) is 0 Å². The van der Waals surface area contributed by atoms with Crippen LogP contribution < -0.4 is 0 Å². The van der Waals surface area contributed by atoms with E-state index in [1.54, 1.807) is 0 Å². The molecule has 0 heterocycles. The lowest BCUT2D eigenvalue weighted by Gasteiger charge is -2.23. The summed E-state index contributed by atoms with van der Waals surface area (Å²) in [7, 11) is 0. The minimum atomic E-state index is 0.374. The van der Waals surface area contributed by atoms with Crippen molar-refractivity contribution in [1.29, 1.82) is 0 Å². The highest BCUT2D eigenvalue weighted by atomic mass is 16.1. The molecule has 1 nitrogen and oxygen atoms in total. The van der Waals surface area contributed by atoms with Crippen molar-refractivity contribution in [2.75, 3.05) is 0 Å². The highest BCUT2D eigenvalue weighted by Crippen LogP contribution is 2.27. The average Bonchev–Trinajstić information content (AvgIpc) is 1.89. The van der Waals surface area contributed by atoms with Crippen LogP contribution in [-0.2, 0) is 4.79 Å². The lowest BCUT2D eigenvalue weighted by atomic mass is 9.81. The summed E-state index contributed by atoms with van der Waals surface area (Å²) in [5.74, 6) is 1.02. The molecule has 0 aromatic carbocycles. The highest BCUT2D eigenvalue weighted by Gasteiger charge is 2.19. The largest absolute Gasteiger partial charge is 0.303 e. The second-order valence-electron chi connectivity index (χ2n) is 3.06. The summed E-state index contributed by atoms with van der Waals surface area (Å²) < 4.78 is 0. The average molecular weight is 126 g/mol. The summed E-state index contributed by atoms with van der Waals surface area (Å²) in [6.45, 7) is 2.18. The molecule has 0 spiro atoms. The van der Waals surface area contributed by atoms with Gasteiger partial charge in [0.25, 0.3) is 0 Å². The van der Waals surface area contributed by atoms with E-state index in [0.717, 1.165) is 12.7 Å². The fourth-order valence-corrected chi connectivity index (χ4v) is 1.55. The summed E-state index contributed by atoms with van der Waals surface area (Å²) in [4.78, 5) is 10.4. The fraction of sp³-hybridized carbons (Fsp3) is 0.875. The first-order valence-corrected chi connectivity index (χ1v) is 3.80. The molecule has 2 atom stereocenters. The SMILES string of the molecule is C[C@@H]1CCCC[C@H]1C=O. The molecule has 0 aromatic heterocycles. The monoisotopic (exact) mass is 126 g/mol. The second-order valence-corrected chi connectivity index (χ2v) is 3.06. The van der Waals surface area contributed by atoms with E-state index in [9.17, 15) is 4.79 Å². The normalized spacial score (nSPS) is 36.1. The van der Waals surface area contributed by atoms with Crippen LogP contribution in [-0.4, -0.2) is 6.29 Å². The molecule has 0 amide bonds. The van der Waals surface area contributed by atoms with Gasteiger partial charge in [-0.1, -0.05) is 26.2 Å². The molecular formula is C8H14O. The quantitative estimate of drug-likeness (QED) is 0.491. The Morgan fingerprint density at radius 2 is 2.00 bits per heavy atom. The van der Waals surface area contributed by atoms with Crippen molar-refractivity contribution in [2.24, 2.45) is 11.8 Å². The van der Waals surface area contributed by atoms with Gasteiger partial charge in [-0.05, 0) is 12.3 Å². The van der Waals surface area contributed by atoms with Gasteiger partial charge in [0.15, 0.2) is 0 Å². The number of rotatable bonds is 1. The number of hydrogen-bond acceptors (Lipinski definition) is 1.